The molecular formula is C24H26N2O4S. The molecule has 0 saturated carbocycles. The van der Waals surface area contributed by atoms with Crippen molar-refractivity contribution in [2.75, 3.05) is 18.5 Å². The van der Waals surface area contributed by atoms with Gasteiger partial charge in [-0.1, -0.05) is 48.0 Å². The number of ether oxygens (including phenoxy) is 1. The highest BCUT2D eigenvalue weighted by Gasteiger charge is 2.14. The summed E-state index contributed by atoms with van der Waals surface area (Å²) in [5.41, 5.74) is 3.64. The minimum Gasteiger partial charge on any atom is -0.483 e. The van der Waals surface area contributed by atoms with Crippen molar-refractivity contribution in [3.8, 4) is 5.75 Å². The Balaban J connectivity index is 1.51. The second-order valence-electron chi connectivity index (χ2n) is 7.26. The van der Waals surface area contributed by atoms with Crippen LogP contribution < -0.4 is 14.8 Å². The average molecular weight is 439 g/mol. The van der Waals surface area contributed by atoms with Gasteiger partial charge < -0.3 is 10.1 Å². The SMILES string of the molecule is Cc1ccc(OCC(=O)Nc2ccc(S(=O)(=O)NCCc3ccccc3)cc2)c(C)c1. The highest BCUT2D eigenvalue weighted by atomic mass is 32.2. The molecule has 3 rings (SSSR count). The zero-order chi connectivity index (χ0) is 22.3. The smallest absolute Gasteiger partial charge is 0.262 e. The molecular weight excluding hydrogens is 412 g/mol. The molecule has 0 aliphatic rings. The number of benzene rings is 3. The zero-order valence-corrected chi connectivity index (χ0v) is 18.4. The van der Waals surface area contributed by atoms with Crippen LogP contribution in [0.5, 0.6) is 5.75 Å². The molecule has 3 aromatic carbocycles. The summed E-state index contributed by atoms with van der Waals surface area (Å²) in [5.74, 6) is 0.334. The summed E-state index contributed by atoms with van der Waals surface area (Å²) in [5, 5.41) is 2.71. The lowest BCUT2D eigenvalue weighted by Gasteiger charge is -2.11. The number of anilines is 1. The molecule has 7 heteroatoms. The van der Waals surface area contributed by atoms with E-state index in [0.29, 0.717) is 24.4 Å². The molecule has 3 aromatic rings. The largest absolute Gasteiger partial charge is 0.483 e. The van der Waals surface area contributed by atoms with Gasteiger partial charge >= 0.3 is 0 Å². The van der Waals surface area contributed by atoms with Crippen molar-refractivity contribution in [2.24, 2.45) is 0 Å². The molecule has 0 saturated heterocycles. The summed E-state index contributed by atoms with van der Waals surface area (Å²) in [6, 6.07) is 21.5. The lowest BCUT2D eigenvalue weighted by Crippen LogP contribution is -2.26. The molecule has 0 radical (unpaired) electrons. The fourth-order valence-electron chi connectivity index (χ4n) is 3.08. The number of sulfonamides is 1. The van der Waals surface area contributed by atoms with Crippen molar-refractivity contribution in [2.45, 2.75) is 25.2 Å². The van der Waals surface area contributed by atoms with Gasteiger partial charge in [-0.2, -0.15) is 0 Å². The standard InChI is InChI=1S/C24H26N2O4S/c1-18-8-13-23(19(2)16-18)30-17-24(27)26-21-9-11-22(12-10-21)31(28,29)25-15-14-20-6-4-3-5-7-20/h3-13,16,25H,14-15,17H2,1-2H3,(H,26,27). The topological polar surface area (TPSA) is 84.5 Å². The summed E-state index contributed by atoms with van der Waals surface area (Å²) in [4.78, 5) is 12.3. The quantitative estimate of drug-likeness (QED) is 0.532. The predicted octanol–water partition coefficient (Wildman–Crippen LogP) is 3.84. The third-order valence-electron chi connectivity index (χ3n) is 4.69. The monoisotopic (exact) mass is 438 g/mol. The van der Waals surface area contributed by atoms with Gasteiger partial charge in [0.05, 0.1) is 4.90 Å². The van der Waals surface area contributed by atoms with Gasteiger partial charge in [0.1, 0.15) is 5.75 Å². The fourth-order valence-corrected chi connectivity index (χ4v) is 4.11. The normalized spacial score (nSPS) is 11.2. The van der Waals surface area contributed by atoms with E-state index in [1.54, 1.807) is 12.1 Å². The van der Waals surface area contributed by atoms with E-state index in [1.807, 2.05) is 62.4 Å². The maximum absolute atomic E-state index is 12.5. The summed E-state index contributed by atoms with van der Waals surface area (Å²) in [6.07, 6.45) is 0.606. The van der Waals surface area contributed by atoms with Crippen LogP contribution in [0, 0.1) is 13.8 Å². The van der Waals surface area contributed by atoms with Crippen molar-refractivity contribution in [3.63, 3.8) is 0 Å². The Kier molecular flexibility index (Phi) is 7.44. The molecule has 2 N–H and O–H groups in total. The lowest BCUT2D eigenvalue weighted by atomic mass is 10.1. The summed E-state index contributed by atoms with van der Waals surface area (Å²) >= 11 is 0. The lowest BCUT2D eigenvalue weighted by molar-refractivity contribution is -0.118. The second-order valence-corrected chi connectivity index (χ2v) is 9.03. The number of hydrogen-bond acceptors (Lipinski definition) is 4. The minimum absolute atomic E-state index is 0.134. The molecule has 6 nitrogen and oxygen atoms in total. The minimum atomic E-state index is -3.62. The van der Waals surface area contributed by atoms with Gasteiger partial charge in [0.15, 0.2) is 6.61 Å². The molecule has 0 fully saturated rings. The molecule has 0 atom stereocenters. The summed E-state index contributed by atoms with van der Waals surface area (Å²) in [7, 11) is -3.62. The average Bonchev–Trinajstić information content (AvgIpc) is 2.74. The Morgan fingerprint density at radius 2 is 1.65 bits per heavy atom. The van der Waals surface area contributed by atoms with Crippen LogP contribution in [-0.4, -0.2) is 27.5 Å². The van der Waals surface area contributed by atoms with Crippen LogP contribution in [0.25, 0.3) is 0 Å². The zero-order valence-electron chi connectivity index (χ0n) is 17.6. The van der Waals surface area contributed by atoms with Crippen molar-refractivity contribution in [1.82, 2.24) is 4.72 Å². The van der Waals surface area contributed by atoms with E-state index in [0.717, 1.165) is 16.7 Å². The van der Waals surface area contributed by atoms with E-state index < -0.39 is 10.0 Å². The number of rotatable bonds is 9. The molecule has 0 unspecified atom stereocenters. The van der Waals surface area contributed by atoms with Crippen LogP contribution >= 0.6 is 0 Å². The van der Waals surface area contributed by atoms with E-state index in [1.165, 1.54) is 12.1 Å². The molecule has 1 amide bonds. The first-order valence-corrected chi connectivity index (χ1v) is 11.5. The Morgan fingerprint density at radius 3 is 2.32 bits per heavy atom. The van der Waals surface area contributed by atoms with E-state index in [-0.39, 0.29) is 17.4 Å². The van der Waals surface area contributed by atoms with Crippen LogP contribution in [0.15, 0.2) is 77.7 Å². The maximum Gasteiger partial charge on any atom is 0.262 e. The molecule has 0 aliphatic heterocycles. The molecule has 0 aromatic heterocycles. The summed E-state index contributed by atoms with van der Waals surface area (Å²) in [6.45, 7) is 4.09. The van der Waals surface area contributed by atoms with Gasteiger partial charge in [-0.05, 0) is 61.7 Å². The molecule has 0 bridgehead atoms. The Labute approximate surface area is 183 Å². The van der Waals surface area contributed by atoms with Crippen LogP contribution in [0.2, 0.25) is 0 Å². The van der Waals surface area contributed by atoms with Gasteiger partial charge in [0, 0.05) is 12.2 Å². The van der Waals surface area contributed by atoms with Crippen LogP contribution in [0.1, 0.15) is 16.7 Å². The van der Waals surface area contributed by atoms with Gasteiger partial charge in [0.2, 0.25) is 10.0 Å². The first-order chi connectivity index (χ1) is 14.8. The highest BCUT2D eigenvalue weighted by Crippen LogP contribution is 2.19. The van der Waals surface area contributed by atoms with Crippen LogP contribution in [0.3, 0.4) is 0 Å². The van der Waals surface area contributed by atoms with E-state index in [4.69, 9.17) is 4.74 Å². The van der Waals surface area contributed by atoms with Gasteiger partial charge in [-0.15, -0.1) is 0 Å². The second kappa shape index (κ2) is 10.2. The van der Waals surface area contributed by atoms with Gasteiger partial charge in [-0.3, -0.25) is 4.79 Å². The van der Waals surface area contributed by atoms with Gasteiger partial charge in [-0.25, -0.2) is 13.1 Å². The van der Waals surface area contributed by atoms with E-state index >= 15 is 0 Å². The summed E-state index contributed by atoms with van der Waals surface area (Å²) < 4.78 is 33.1. The molecule has 0 heterocycles. The number of nitrogens with one attached hydrogen (secondary N) is 2. The number of carbonyl (C=O) groups excluding carboxylic acids is 1. The number of carbonyl (C=O) groups is 1. The first-order valence-electron chi connectivity index (χ1n) is 9.97. The van der Waals surface area contributed by atoms with E-state index in [2.05, 4.69) is 10.0 Å². The van der Waals surface area contributed by atoms with Crippen LogP contribution in [-0.2, 0) is 21.2 Å². The van der Waals surface area contributed by atoms with Crippen LogP contribution in [0.4, 0.5) is 5.69 Å². The number of aryl methyl sites for hydroxylation is 2. The Morgan fingerprint density at radius 1 is 0.935 bits per heavy atom. The number of hydrogen-bond donors (Lipinski definition) is 2. The van der Waals surface area contributed by atoms with Crippen molar-refractivity contribution >= 4 is 21.6 Å². The predicted molar refractivity (Wildman–Crippen MR) is 122 cm³/mol. The third-order valence-corrected chi connectivity index (χ3v) is 6.16. The molecule has 162 valence electrons. The molecule has 31 heavy (non-hydrogen) atoms. The number of amides is 1. The first kappa shape index (κ1) is 22.5. The van der Waals surface area contributed by atoms with Crippen molar-refractivity contribution < 1.29 is 17.9 Å². The Bertz CT molecular complexity index is 1130. The van der Waals surface area contributed by atoms with Crippen molar-refractivity contribution in [1.29, 1.82) is 0 Å². The molecule has 0 spiro atoms. The van der Waals surface area contributed by atoms with Crippen molar-refractivity contribution in [3.05, 3.63) is 89.5 Å². The van der Waals surface area contributed by atoms with Gasteiger partial charge in [0.25, 0.3) is 5.91 Å². The molecule has 0 aliphatic carbocycles. The highest BCUT2D eigenvalue weighted by molar-refractivity contribution is 7.89. The van der Waals surface area contributed by atoms with E-state index in [9.17, 15) is 13.2 Å². The fraction of sp³-hybridized carbons (Fsp3) is 0.208. The third kappa shape index (κ3) is 6.67. The Hall–Kier alpha value is -3.16. The maximum atomic E-state index is 12.5.